The first-order valence-electron chi connectivity index (χ1n) is 14.9. The highest BCUT2D eigenvalue weighted by Gasteiger charge is 2.10. The van der Waals surface area contributed by atoms with E-state index in [1.165, 1.54) is 12.7 Å². The van der Waals surface area contributed by atoms with Crippen LogP contribution in [0.2, 0.25) is 15.2 Å². The molecule has 0 saturated heterocycles. The van der Waals surface area contributed by atoms with E-state index in [0.29, 0.717) is 64.5 Å². The van der Waals surface area contributed by atoms with Crippen molar-refractivity contribution in [1.29, 1.82) is 0 Å². The van der Waals surface area contributed by atoms with Crippen molar-refractivity contribution in [1.82, 2.24) is 19.9 Å². The summed E-state index contributed by atoms with van der Waals surface area (Å²) >= 11 is 17.7. The second kappa shape index (κ2) is 23.8. The molecule has 6 aromatic rings. The first-order valence-corrected chi connectivity index (χ1v) is 16.0. The lowest BCUT2D eigenvalue weighted by molar-refractivity contribution is 0.111. The third-order valence-corrected chi connectivity index (χ3v) is 7.53. The molecule has 6 rings (SSSR count). The summed E-state index contributed by atoms with van der Waals surface area (Å²) in [5.41, 5.74) is 20.3. The molecule has 284 valence electrons. The Balaban J connectivity index is 0.000000434. The quantitative estimate of drug-likeness (QED) is 0.0582. The smallest absolute Gasteiger partial charge is 0.157 e. The molecular formula is C38H40Cl4N8O4. The maximum Gasteiger partial charge on any atom is 0.157 e. The van der Waals surface area contributed by atoms with E-state index in [9.17, 15) is 9.59 Å². The van der Waals surface area contributed by atoms with Crippen LogP contribution in [0.5, 0.6) is 11.5 Å². The second-order valence-electron chi connectivity index (χ2n) is 10.2. The van der Waals surface area contributed by atoms with Crippen LogP contribution >= 0.6 is 47.2 Å². The van der Waals surface area contributed by atoms with Gasteiger partial charge in [-0.05, 0) is 47.5 Å². The van der Waals surface area contributed by atoms with E-state index >= 15 is 0 Å². The van der Waals surface area contributed by atoms with E-state index in [1.807, 2.05) is 60.7 Å². The van der Waals surface area contributed by atoms with Crippen molar-refractivity contribution in [2.75, 3.05) is 22.5 Å². The molecule has 0 amide bonds. The minimum Gasteiger partial charge on any atom is -0.487 e. The van der Waals surface area contributed by atoms with E-state index in [0.717, 1.165) is 11.1 Å². The summed E-state index contributed by atoms with van der Waals surface area (Å²) in [7, 11) is 0. The van der Waals surface area contributed by atoms with Crippen LogP contribution in [0.3, 0.4) is 0 Å². The molecular weight excluding hydrogens is 774 g/mol. The number of carbonyl (C=O) groups is 2. The van der Waals surface area contributed by atoms with Gasteiger partial charge in [0.2, 0.25) is 0 Å². The van der Waals surface area contributed by atoms with Gasteiger partial charge in [-0.25, -0.2) is 19.9 Å². The van der Waals surface area contributed by atoms with Gasteiger partial charge in [-0.15, -0.1) is 12.4 Å². The number of hydrogen-bond acceptors (Lipinski definition) is 12. The van der Waals surface area contributed by atoms with Crippen molar-refractivity contribution in [3.05, 3.63) is 147 Å². The second-order valence-corrected chi connectivity index (χ2v) is 11.4. The number of aldehydes is 2. The molecule has 0 aliphatic heterocycles. The van der Waals surface area contributed by atoms with E-state index in [4.69, 9.17) is 61.5 Å². The Morgan fingerprint density at radius 2 is 1.09 bits per heavy atom. The number of carbonyl (C=O) groups excluding carboxylic acids is 2. The van der Waals surface area contributed by atoms with Gasteiger partial charge < -0.3 is 32.0 Å². The fourth-order valence-electron chi connectivity index (χ4n) is 4.06. The van der Waals surface area contributed by atoms with Crippen LogP contribution in [-0.4, -0.2) is 32.5 Å². The van der Waals surface area contributed by atoms with Crippen molar-refractivity contribution in [3.63, 3.8) is 0 Å². The monoisotopic (exact) mass is 812 g/mol. The number of aromatic nitrogens is 4. The van der Waals surface area contributed by atoms with Gasteiger partial charge in [-0.3, -0.25) is 9.59 Å². The highest BCUT2D eigenvalue weighted by Crippen LogP contribution is 2.30. The number of nitrogens with zero attached hydrogens (tertiary/aromatic N) is 4. The van der Waals surface area contributed by atoms with E-state index in [2.05, 4.69) is 25.3 Å². The van der Waals surface area contributed by atoms with E-state index in [1.54, 1.807) is 36.4 Å². The Kier molecular flexibility index (Phi) is 20.4. The predicted molar refractivity (Wildman–Crippen MR) is 222 cm³/mol. The summed E-state index contributed by atoms with van der Waals surface area (Å²) in [6, 6.07) is 30.2. The molecule has 7 N–H and O–H groups in total. The molecule has 0 unspecified atom stereocenters. The van der Waals surface area contributed by atoms with Crippen molar-refractivity contribution >= 4 is 88.6 Å². The Morgan fingerprint density at radius 3 is 1.56 bits per heavy atom. The average molecular weight is 815 g/mol. The van der Waals surface area contributed by atoms with E-state index < -0.39 is 0 Å². The summed E-state index contributed by atoms with van der Waals surface area (Å²) in [6.07, 6.45) is 3.61. The number of anilines is 5. The van der Waals surface area contributed by atoms with Gasteiger partial charge in [0, 0.05) is 11.4 Å². The van der Waals surface area contributed by atoms with Crippen molar-refractivity contribution in [2.45, 2.75) is 28.1 Å². The number of nitrogens with two attached hydrogens (primary N) is 3. The molecule has 16 heteroatoms. The Bertz CT molecular complexity index is 2040. The number of nitrogen functional groups attached to an aromatic ring is 3. The highest BCUT2D eigenvalue weighted by molar-refractivity contribution is 6.33. The SMILES string of the molecule is C.C.Cl.Nc1ccc(OCc2ccccc2)c(Cl)c1.Nc1ncnc(Cl)c1C=O.Nc1ncnc(Nc2ccc(OCc3ccccc3)c(Cl)c2)c1C=O. The zero-order valence-corrected chi connectivity index (χ0v) is 30.2. The lowest BCUT2D eigenvalue weighted by Gasteiger charge is -2.12. The summed E-state index contributed by atoms with van der Waals surface area (Å²) in [6.45, 7) is 0.926. The molecule has 54 heavy (non-hydrogen) atoms. The molecule has 0 bridgehead atoms. The molecule has 0 spiro atoms. The van der Waals surface area contributed by atoms with Gasteiger partial charge in [0.05, 0.1) is 21.2 Å². The zero-order chi connectivity index (χ0) is 36.6. The van der Waals surface area contributed by atoms with Crippen LogP contribution in [0.4, 0.5) is 28.8 Å². The molecule has 2 heterocycles. The maximum atomic E-state index is 11.1. The van der Waals surface area contributed by atoms with Crippen molar-refractivity contribution in [2.24, 2.45) is 0 Å². The van der Waals surface area contributed by atoms with Crippen LogP contribution in [-0.2, 0) is 13.2 Å². The van der Waals surface area contributed by atoms with E-state index in [-0.39, 0.29) is 55.2 Å². The lowest BCUT2D eigenvalue weighted by Crippen LogP contribution is -2.04. The van der Waals surface area contributed by atoms with Gasteiger partial charge in [0.15, 0.2) is 12.6 Å². The first kappa shape index (κ1) is 46.4. The fraction of sp³-hybridized carbons (Fsp3) is 0.105. The van der Waals surface area contributed by atoms with Crippen molar-refractivity contribution in [3.8, 4) is 11.5 Å². The predicted octanol–water partition coefficient (Wildman–Crippen LogP) is 9.57. The van der Waals surface area contributed by atoms with Crippen LogP contribution in [0.15, 0.2) is 110 Å². The molecule has 0 aliphatic carbocycles. The molecule has 0 aliphatic rings. The van der Waals surface area contributed by atoms with Crippen LogP contribution in [0.25, 0.3) is 0 Å². The van der Waals surface area contributed by atoms with Crippen molar-refractivity contribution < 1.29 is 19.1 Å². The summed E-state index contributed by atoms with van der Waals surface area (Å²) in [5, 5.41) is 4.07. The third-order valence-electron chi connectivity index (χ3n) is 6.64. The molecule has 12 nitrogen and oxygen atoms in total. The summed E-state index contributed by atoms with van der Waals surface area (Å²) < 4.78 is 11.3. The van der Waals surface area contributed by atoms with Gasteiger partial charge in [0.1, 0.15) is 60.0 Å². The largest absolute Gasteiger partial charge is 0.487 e. The molecule has 2 aromatic heterocycles. The Morgan fingerprint density at radius 1 is 0.611 bits per heavy atom. The molecule has 0 atom stereocenters. The topological polar surface area (TPSA) is 194 Å². The normalized spacial score (nSPS) is 9.46. The molecule has 4 aromatic carbocycles. The van der Waals surface area contributed by atoms with Gasteiger partial charge >= 0.3 is 0 Å². The standard InChI is InChI=1S/C18H15ClN4O2.C13H12ClNO.C5H4ClN3O.2CH4.ClH/c19-15-8-13(23-18-14(9-24)17(20)21-11-22-18)6-7-16(15)25-10-12-4-2-1-3-5-12;14-12-8-11(15)6-7-13(12)16-9-10-4-2-1-3-5-10;6-4-3(1-10)5(7)9-2-8-4;;;/h1-9,11H,10H2,(H3,20,21,22,23);1-8H,9,15H2;1-2H,(H2,7,8,9);2*1H4;1H. The number of halogens is 4. The minimum atomic E-state index is 0. The first-order chi connectivity index (χ1) is 24.7. The van der Waals surface area contributed by atoms with Gasteiger partial charge in [-0.2, -0.15) is 0 Å². The molecule has 0 saturated carbocycles. The highest BCUT2D eigenvalue weighted by atomic mass is 35.5. The van der Waals surface area contributed by atoms with Crippen LogP contribution < -0.4 is 32.0 Å². The molecule has 0 fully saturated rings. The Hall–Kier alpha value is -5.66. The Labute approximate surface area is 335 Å². The lowest BCUT2D eigenvalue weighted by atomic mass is 10.2. The van der Waals surface area contributed by atoms with Gasteiger partial charge in [-0.1, -0.05) is 110 Å². The number of benzene rings is 4. The number of hydrogen-bond donors (Lipinski definition) is 4. The maximum absolute atomic E-state index is 11.1. The average Bonchev–Trinajstić information content (AvgIpc) is 3.13. The minimum absolute atomic E-state index is 0. The third kappa shape index (κ3) is 14.1. The number of rotatable bonds is 10. The van der Waals surface area contributed by atoms with Crippen LogP contribution in [0.1, 0.15) is 46.7 Å². The number of ether oxygens (including phenoxy) is 2. The zero-order valence-electron chi connectivity index (χ0n) is 27.2. The van der Waals surface area contributed by atoms with Crippen LogP contribution in [0, 0.1) is 0 Å². The summed E-state index contributed by atoms with van der Waals surface area (Å²) in [5.74, 6) is 1.75. The number of nitrogens with one attached hydrogen (secondary N) is 1. The van der Waals surface area contributed by atoms with Gasteiger partial charge in [0.25, 0.3) is 0 Å². The summed E-state index contributed by atoms with van der Waals surface area (Å²) in [4.78, 5) is 36.3. The fourth-order valence-corrected chi connectivity index (χ4v) is 4.72. The molecule has 0 radical (unpaired) electrons.